The molecule has 12 nitrogen and oxygen atoms in total. The van der Waals surface area contributed by atoms with Gasteiger partial charge in [-0.3, -0.25) is 0 Å². The number of carbonyl (C=O) groups excluding carboxylic acids is 3. The van der Waals surface area contributed by atoms with Gasteiger partial charge in [-0.1, -0.05) is 0 Å². The van der Waals surface area contributed by atoms with Crippen molar-refractivity contribution in [2.45, 2.75) is 0 Å². The van der Waals surface area contributed by atoms with Crippen LogP contribution in [0.25, 0.3) is 0 Å². The quantitative estimate of drug-likeness (QED) is 0.388. The third kappa shape index (κ3) is 8.11. The van der Waals surface area contributed by atoms with Crippen LogP contribution in [-0.4, -0.2) is 65.2 Å². The van der Waals surface area contributed by atoms with E-state index in [1.165, 1.54) is 37.2 Å². The van der Waals surface area contributed by atoms with E-state index >= 15 is 0 Å². The Labute approximate surface area is 150 Å². The third-order valence-electron chi connectivity index (χ3n) is 2.07. The second-order valence-electron chi connectivity index (χ2n) is 3.68. The van der Waals surface area contributed by atoms with Crippen molar-refractivity contribution < 1.29 is 29.7 Å². The Kier molecular flexibility index (Phi) is 9.63. The predicted octanol–water partition coefficient (Wildman–Crippen LogP) is -4.06. The van der Waals surface area contributed by atoms with Crippen molar-refractivity contribution in [1.82, 2.24) is 29.9 Å². The summed E-state index contributed by atoms with van der Waals surface area (Å²) in [6.07, 6.45) is 8.32. The van der Waals surface area contributed by atoms with Crippen LogP contribution in [0.15, 0.2) is 37.2 Å². The third-order valence-corrected chi connectivity index (χ3v) is 2.07. The van der Waals surface area contributed by atoms with E-state index in [1.54, 1.807) is 0 Å². The molecule has 13 heteroatoms. The summed E-state index contributed by atoms with van der Waals surface area (Å²) < 4.78 is 0. The van der Waals surface area contributed by atoms with Crippen molar-refractivity contribution in [2.24, 2.45) is 0 Å². The Hall–Kier alpha value is -3.43. The Morgan fingerprint density at radius 3 is 0.960 bits per heavy atom. The molecule has 0 radical (unpaired) electrons. The minimum atomic E-state index is -1.28. The van der Waals surface area contributed by atoms with Gasteiger partial charge in [0.1, 0.15) is 17.9 Å². The Bertz CT molecular complexity index is 651. The van der Waals surface area contributed by atoms with Crippen LogP contribution in [0.2, 0.25) is 0 Å². The summed E-state index contributed by atoms with van der Waals surface area (Å²) in [5.74, 6) is -4.25. The number of carboxylic acid groups (broad SMARTS) is 3. The molecule has 0 bridgehead atoms. The van der Waals surface area contributed by atoms with Crippen LogP contribution in [0.5, 0.6) is 0 Å². The van der Waals surface area contributed by atoms with Gasteiger partial charge in [-0.15, -0.1) is 0 Å². The Balaban J connectivity index is 0.000000339. The second-order valence-corrected chi connectivity index (χ2v) is 3.68. The van der Waals surface area contributed by atoms with Crippen molar-refractivity contribution in [1.29, 1.82) is 0 Å². The average molecular weight is 360 g/mol. The van der Waals surface area contributed by atoms with Gasteiger partial charge in [-0.2, -0.15) is 0 Å². The number of carboxylic acids is 3. The van der Waals surface area contributed by atoms with Crippen LogP contribution in [0.1, 0.15) is 31.9 Å². The molecule has 3 rings (SSSR count). The largest absolute Gasteiger partial charge is 3.00 e. The Morgan fingerprint density at radius 1 is 0.640 bits per heavy atom. The number of nitrogens with zero attached hydrogens (tertiary/aromatic N) is 3. The van der Waals surface area contributed by atoms with E-state index in [0.717, 1.165) is 0 Å². The number of hydrogen-bond donors (Lipinski definition) is 3. The summed E-state index contributed by atoms with van der Waals surface area (Å²) in [4.78, 5) is 46.9. The van der Waals surface area contributed by atoms with Gasteiger partial charge in [0.2, 0.25) is 0 Å². The molecule has 0 atom stereocenters. The molecule has 0 saturated heterocycles. The first-order chi connectivity index (χ1) is 11.4. The zero-order valence-corrected chi connectivity index (χ0v) is 13.5. The molecule has 0 amide bonds. The zero-order chi connectivity index (χ0) is 17.9. The van der Waals surface area contributed by atoms with E-state index in [4.69, 9.17) is 0 Å². The molecule has 3 aromatic rings. The summed E-state index contributed by atoms with van der Waals surface area (Å²) >= 11 is 0. The number of nitrogens with one attached hydrogen (secondary N) is 3. The maximum absolute atomic E-state index is 9.86. The van der Waals surface area contributed by atoms with Crippen molar-refractivity contribution in [3.63, 3.8) is 0 Å². The first-order valence-electron chi connectivity index (χ1n) is 6.04. The predicted molar refractivity (Wildman–Crippen MR) is 74.5 cm³/mol. The molecular formula is C12H9AlN6O6. The summed E-state index contributed by atoms with van der Waals surface area (Å²) in [5, 5.41) is 29.6. The van der Waals surface area contributed by atoms with Crippen LogP contribution in [0, 0.1) is 0 Å². The molecule has 25 heavy (non-hydrogen) atoms. The van der Waals surface area contributed by atoms with Crippen molar-refractivity contribution in [3.8, 4) is 0 Å². The summed E-state index contributed by atoms with van der Waals surface area (Å²) in [6, 6.07) is 0. The number of aromatic amines is 3. The van der Waals surface area contributed by atoms with Gasteiger partial charge >= 0.3 is 17.4 Å². The molecule has 0 aliphatic heterocycles. The molecule has 0 spiro atoms. The van der Waals surface area contributed by atoms with Gasteiger partial charge < -0.3 is 44.7 Å². The smallest absolute Gasteiger partial charge is 0.542 e. The van der Waals surface area contributed by atoms with Crippen LogP contribution < -0.4 is 15.3 Å². The van der Waals surface area contributed by atoms with Gasteiger partial charge in [-0.25, -0.2) is 15.0 Å². The van der Waals surface area contributed by atoms with Crippen LogP contribution in [0.3, 0.4) is 0 Å². The van der Waals surface area contributed by atoms with Gasteiger partial charge in [-0.05, 0) is 0 Å². The van der Waals surface area contributed by atoms with Crippen molar-refractivity contribution in [3.05, 3.63) is 54.7 Å². The fourth-order valence-electron chi connectivity index (χ4n) is 1.13. The molecule has 0 fully saturated rings. The molecule has 0 saturated carbocycles. The number of imidazole rings is 3. The van der Waals surface area contributed by atoms with E-state index in [0.29, 0.717) is 0 Å². The molecule has 3 N–H and O–H groups in total. The topological polar surface area (TPSA) is 206 Å². The fourth-order valence-corrected chi connectivity index (χ4v) is 1.13. The first-order valence-corrected chi connectivity index (χ1v) is 6.04. The van der Waals surface area contributed by atoms with Gasteiger partial charge in [0, 0.05) is 37.2 Å². The molecule has 3 heterocycles. The maximum Gasteiger partial charge on any atom is 3.00 e. The fraction of sp³-hybridized carbons (Fsp3) is 0. The minimum absolute atomic E-state index is 0. The molecule has 0 unspecified atom stereocenters. The van der Waals surface area contributed by atoms with E-state index in [2.05, 4.69) is 29.9 Å². The standard InChI is InChI=1S/3C4H4N2O2.Al/c3*7-4(8)3-5-1-2-6-3;/h3*1-2H,(H,5,6)(H,7,8);/q;;;+3/p-3. The first kappa shape index (κ1) is 21.6. The monoisotopic (exact) mass is 360 g/mol. The summed E-state index contributed by atoms with van der Waals surface area (Å²) in [7, 11) is 0. The molecule has 3 aromatic heterocycles. The van der Waals surface area contributed by atoms with E-state index in [1.807, 2.05) is 0 Å². The van der Waals surface area contributed by atoms with Crippen LogP contribution >= 0.6 is 0 Å². The second kappa shape index (κ2) is 11.2. The number of carbonyl (C=O) groups is 3. The number of aromatic nitrogens is 6. The number of aromatic carboxylic acids is 3. The van der Waals surface area contributed by atoms with E-state index in [9.17, 15) is 29.7 Å². The van der Waals surface area contributed by atoms with Crippen LogP contribution in [0.4, 0.5) is 0 Å². The average Bonchev–Trinajstić information content (AvgIpc) is 3.29. The SMILES string of the molecule is O=C([O-])c1ncc[nH]1.O=C([O-])c1ncc[nH]1.O=C([O-])c1ncc[nH]1.[Al+3]. The Morgan fingerprint density at radius 2 is 0.880 bits per heavy atom. The molecule has 0 aliphatic carbocycles. The van der Waals surface area contributed by atoms with Crippen molar-refractivity contribution >= 4 is 35.3 Å². The molecule has 0 aliphatic rings. The number of H-pyrrole nitrogens is 3. The zero-order valence-electron chi connectivity index (χ0n) is 12.3. The summed E-state index contributed by atoms with van der Waals surface area (Å²) in [6.45, 7) is 0. The van der Waals surface area contributed by atoms with Gasteiger partial charge in [0.05, 0.1) is 0 Å². The van der Waals surface area contributed by atoms with Crippen LogP contribution in [-0.2, 0) is 0 Å². The maximum atomic E-state index is 9.86. The summed E-state index contributed by atoms with van der Waals surface area (Å²) in [5.41, 5.74) is 0. The molecule has 126 valence electrons. The molecule has 0 aromatic carbocycles. The van der Waals surface area contributed by atoms with E-state index < -0.39 is 17.9 Å². The van der Waals surface area contributed by atoms with Crippen molar-refractivity contribution in [2.75, 3.05) is 0 Å². The number of rotatable bonds is 3. The minimum Gasteiger partial charge on any atom is -0.542 e. The van der Waals surface area contributed by atoms with Gasteiger partial charge in [0.25, 0.3) is 0 Å². The number of hydrogen-bond acceptors (Lipinski definition) is 9. The normalized spacial score (nSPS) is 8.64. The van der Waals surface area contributed by atoms with Gasteiger partial charge in [0.15, 0.2) is 17.5 Å². The molecular weight excluding hydrogens is 351 g/mol. The van der Waals surface area contributed by atoms with E-state index in [-0.39, 0.29) is 34.8 Å².